The van der Waals surface area contributed by atoms with Crippen LogP contribution in [0.1, 0.15) is 44.6 Å². The Bertz CT molecular complexity index is 556. The molecule has 5 heteroatoms. The van der Waals surface area contributed by atoms with Crippen molar-refractivity contribution in [2.24, 2.45) is 5.92 Å². The molecule has 2 aliphatic heterocycles. The number of hydrogen-bond donors (Lipinski definition) is 0. The van der Waals surface area contributed by atoms with Gasteiger partial charge in [-0.15, -0.1) is 0 Å². The number of halogens is 1. The monoisotopic (exact) mass is 395 g/mol. The highest BCUT2D eigenvalue weighted by Crippen LogP contribution is 2.33. The lowest BCUT2D eigenvalue weighted by molar-refractivity contribution is -0.187. The zero-order valence-corrected chi connectivity index (χ0v) is 16.0. The molecular formula is C19H26BrNO3. The summed E-state index contributed by atoms with van der Waals surface area (Å²) in [5.41, 5.74) is 1.23. The highest BCUT2D eigenvalue weighted by Gasteiger charge is 2.41. The Morgan fingerprint density at radius 2 is 1.75 bits per heavy atom. The minimum atomic E-state index is -0.417. The SMILES string of the molecule is CC(C)C(CC(=O)N1CCC2(CC1)OCCO2)c1ccc(Br)cc1. The lowest BCUT2D eigenvalue weighted by Crippen LogP contribution is -2.47. The Kier molecular flexibility index (Phi) is 5.63. The fourth-order valence-corrected chi connectivity index (χ4v) is 3.91. The van der Waals surface area contributed by atoms with Gasteiger partial charge in [0.1, 0.15) is 0 Å². The van der Waals surface area contributed by atoms with Gasteiger partial charge in [0.2, 0.25) is 5.91 Å². The number of carbonyl (C=O) groups excluding carboxylic acids is 1. The topological polar surface area (TPSA) is 38.8 Å². The molecule has 3 rings (SSSR count). The van der Waals surface area contributed by atoms with Gasteiger partial charge in [-0.2, -0.15) is 0 Å². The highest BCUT2D eigenvalue weighted by atomic mass is 79.9. The molecule has 0 saturated carbocycles. The van der Waals surface area contributed by atoms with E-state index < -0.39 is 5.79 Å². The van der Waals surface area contributed by atoms with Crippen molar-refractivity contribution in [1.82, 2.24) is 4.90 Å². The second-order valence-corrected chi connectivity index (χ2v) is 8.01. The minimum Gasteiger partial charge on any atom is -0.347 e. The van der Waals surface area contributed by atoms with E-state index in [4.69, 9.17) is 9.47 Å². The van der Waals surface area contributed by atoms with E-state index >= 15 is 0 Å². The van der Waals surface area contributed by atoms with Crippen LogP contribution in [0.15, 0.2) is 28.7 Å². The Hall–Kier alpha value is -0.910. The molecule has 0 N–H and O–H groups in total. The van der Waals surface area contributed by atoms with E-state index in [0.29, 0.717) is 25.6 Å². The molecule has 0 radical (unpaired) electrons. The smallest absolute Gasteiger partial charge is 0.223 e. The molecule has 4 nitrogen and oxygen atoms in total. The zero-order valence-electron chi connectivity index (χ0n) is 14.5. The Labute approximate surface area is 152 Å². The number of nitrogens with zero attached hydrogens (tertiary/aromatic N) is 1. The van der Waals surface area contributed by atoms with Crippen molar-refractivity contribution in [3.63, 3.8) is 0 Å². The summed E-state index contributed by atoms with van der Waals surface area (Å²) in [5, 5.41) is 0. The highest BCUT2D eigenvalue weighted by molar-refractivity contribution is 9.10. The molecule has 2 fully saturated rings. The van der Waals surface area contributed by atoms with Crippen LogP contribution in [0.25, 0.3) is 0 Å². The second kappa shape index (κ2) is 7.54. The third-order valence-corrected chi connectivity index (χ3v) is 5.72. The first-order chi connectivity index (χ1) is 11.5. The number of likely N-dealkylation sites (tertiary alicyclic amines) is 1. The lowest BCUT2D eigenvalue weighted by Gasteiger charge is -2.38. The first-order valence-corrected chi connectivity index (χ1v) is 9.59. The molecule has 1 amide bonds. The van der Waals surface area contributed by atoms with E-state index in [-0.39, 0.29) is 11.8 Å². The molecule has 1 spiro atoms. The fourth-order valence-electron chi connectivity index (χ4n) is 3.65. The van der Waals surface area contributed by atoms with E-state index in [0.717, 1.165) is 30.4 Å². The van der Waals surface area contributed by atoms with Crippen molar-refractivity contribution in [3.8, 4) is 0 Å². The van der Waals surface area contributed by atoms with Gasteiger partial charge in [0.15, 0.2) is 5.79 Å². The standard InChI is InChI=1S/C19H26BrNO3/c1-14(2)17(15-3-5-16(20)6-4-15)13-18(22)21-9-7-19(8-10-21)23-11-12-24-19/h3-6,14,17H,7-13H2,1-2H3. The van der Waals surface area contributed by atoms with Gasteiger partial charge in [-0.1, -0.05) is 41.9 Å². The van der Waals surface area contributed by atoms with Crippen molar-refractivity contribution >= 4 is 21.8 Å². The van der Waals surface area contributed by atoms with Crippen LogP contribution < -0.4 is 0 Å². The maximum Gasteiger partial charge on any atom is 0.223 e. The first-order valence-electron chi connectivity index (χ1n) is 8.80. The summed E-state index contributed by atoms with van der Waals surface area (Å²) >= 11 is 3.48. The molecule has 1 unspecified atom stereocenters. The molecule has 1 aromatic rings. The summed E-state index contributed by atoms with van der Waals surface area (Å²) in [7, 11) is 0. The first kappa shape index (κ1) is 17.9. The third kappa shape index (κ3) is 4.01. The van der Waals surface area contributed by atoms with Crippen molar-refractivity contribution in [1.29, 1.82) is 0 Å². The Morgan fingerprint density at radius 1 is 1.17 bits per heavy atom. The van der Waals surface area contributed by atoms with Gasteiger partial charge in [0, 0.05) is 36.8 Å². The van der Waals surface area contributed by atoms with Gasteiger partial charge in [0.25, 0.3) is 0 Å². The van der Waals surface area contributed by atoms with Crippen molar-refractivity contribution in [3.05, 3.63) is 34.3 Å². The van der Waals surface area contributed by atoms with Crippen LogP contribution in [-0.4, -0.2) is 42.9 Å². The zero-order chi connectivity index (χ0) is 17.2. The van der Waals surface area contributed by atoms with E-state index in [1.807, 2.05) is 4.90 Å². The Balaban J connectivity index is 1.61. The number of rotatable bonds is 4. The number of piperidine rings is 1. The van der Waals surface area contributed by atoms with Crippen LogP contribution in [0.4, 0.5) is 0 Å². The van der Waals surface area contributed by atoms with Gasteiger partial charge >= 0.3 is 0 Å². The summed E-state index contributed by atoms with van der Waals surface area (Å²) < 4.78 is 12.6. The molecule has 0 aromatic heterocycles. The van der Waals surface area contributed by atoms with E-state index in [2.05, 4.69) is 54.0 Å². The van der Waals surface area contributed by atoms with Gasteiger partial charge < -0.3 is 14.4 Å². The molecule has 132 valence electrons. The van der Waals surface area contributed by atoms with Crippen LogP contribution in [-0.2, 0) is 14.3 Å². The maximum atomic E-state index is 12.8. The van der Waals surface area contributed by atoms with Crippen LogP contribution in [0.2, 0.25) is 0 Å². The molecular weight excluding hydrogens is 370 g/mol. The van der Waals surface area contributed by atoms with Gasteiger partial charge in [-0.25, -0.2) is 0 Å². The number of amides is 1. The van der Waals surface area contributed by atoms with Gasteiger partial charge in [0.05, 0.1) is 13.2 Å². The van der Waals surface area contributed by atoms with E-state index in [9.17, 15) is 4.79 Å². The van der Waals surface area contributed by atoms with E-state index in [1.165, 1.54) is 5.56 Å². The van der Waals surface area contributed by atoms with Gasteiger partial charge in [-0.05, 0) is 29.5 Å². The summed E-state index contributed by atoms with van der Waals surface area (Å²) in [6.07, 6.45) is 2.13. The summed E-state index contributed by atoms with van der Waals surface area (Å²) in [4.78, 5) is 14.8. The normalized spacial score (nSPS) is 21.4. The van der Waals surface area contributed by atoms with Crippen LogP contribution in [0.3, 0.4) is 0 Å². The molecule has 1 aromatic carbocycles. The molecule has 1 atom stereocenters. The number of carbonyl (C=O) groups is 1. The Morgan fingerprint density at radius 3 is 2.29 bits per heavy atom. The molecule has 2 saturated heterocycles. The maximum absolute atomic E-state index is 12.8. The average molecular weight is 396 g/mol. The predicted octanol–water partition coefficient (Wildman–Crippen LogP) is 3.94. The van der Waals surface area contributed by atoms with Crippen molar-refractivity contribution in [2.75, 3.05) is 26.3 Å². The van der Waals surface area contributed by atoms with Crippen molar-refractivity contribution < 1.29 is 14.3 Å². The number of hydrogen-bond acceptors (Lipinski definition) is 3. The molecule has 0 bridgehead atoms. The van der Waals surface area contributed by atoms with Crippen LogP contribution in [0, 0.1) is 5.92 Å². The summed E-state index contributed by atoms with van der Waals surface area (Å²) in [6, 6.07) is 8.34. The molecule has 24 heavy (non-hydrogen) atoms. The third-order valence-electron chi connectivity index (χ3n) is 5.19. The summed E-state index contributed by atoms with van der Waals surface area (Å²) in [6.45, 7) is 7.17. The summed E-state index contributed by atoms with van der Waals surface area (Å²) in [5.74, 6) is 0.498. The number of ether oxygens (including phenoxy) is 2. The quantitative estimate of drug-likeness (QED) is 0.774. The lowest BCUT2D eigenvalue weighted by atomic mass is 9.85. The minimum absolute atomic E-state index is 0.240. The van der Waals surface area contributed by atoms with Crippen molar-refractivity contribution in [2.45, 2.75) is 44.8 Å². The van der Waals surface area contributed by atoms with Crippen LogP contribution in [0.5, 0.6) is 0 Å². The second-order valence-electron chi connectivity index (χ2n) is 7.09. The van der Waals surface area contributed by atoms with Crippen LogP contribution >= 0.6 is 15.9 Å². The van der Waals surface area contributed by atoms with Gasteiger partial charge in [-0.3, -0.25) is 4.79 Å². The predicted molar refractivity (Wildman–Crippen MR) is 96.8 cm³/mol. The largest absolute Gasteiger partial charge is 0.347 e. The fraction of sp³-hybridized carbons (Fsp3) is 0.632. The average Bonchev–Trinajstić information content (AvgIpc) is 3.02. The molecule has 2 aliphatic rings. The van der Waals surface area contributed by atoms with E-state index in [1.54, 1.807) is 0 Å². The molecule has 2 heterocycles. The molecule has 0 aliphatic carbocycles. The number of benzene rings is 1.